The van der Waals surface area contributed by atoms with Gasteiger partial charge in [-0.05, 0) is 43.2 Å². The number of ether oxygens (including phenoxy) is 1. The number of piperidine rings is 1. The number of hydrogen-bond acceptors (Lipinski definition) is 7. The van der Waals surface area contributed by atoms with Crippen LogP contribution in [0.2, 0.25) is 0 Å². The van der Waals surface area contributed by atoms with Crippen LogP contribution in [0.4, 0.5) is 0 Å². The number of amides is 4. The number of fused-ring (bicyclic) bond motifs is 1. The highest BCUT2D eigenvalue weighted by Crippen LogP contribution is 2.27. The zero-order valence-electron chi connectivity index (χ0n) is 25.5. The van der Waals surface area contributed by atoms with Gasteiger partial charge in [0, 0.05) is 25.8 Å². The molecule has 0 bridgehead atoms. The van der Waals surface area contributed by atoms with Crippen LogP contribution in [0.15, 0.2) is 60.7 Å². The van der Waals surface area contributed by atoms with Gasteiger partial charge in [0.1, 0.15) is 30.3 Å². The summed E-state index contributed by atoms with van der Waals surface area (Å²) in [6.07, 6.45) is 3.93. The summed E-state index contributed by atoms with van der Waals surface area (Å²) in [6, 6.07) is 15.2. The number of carbonyl (C=O) groups excluding carboxylic acids is 4. The lowest BCUT2D eigenvalue weighted by Gasteiger charge is -2.38. The lowest BCUT2D eigenvalue weighted by Crippen LogP contribution is -2.63. The van der Waals surface area contributed by atoms with Gasteiger partial charge < -0.3 is 35.8 Å². The average molecular weight is 621 g/mol. The minimum absolute atomic E-state index is 0.142. The molecule has 0 spiro atoms. The molecule has 3 aliphatic rings. The van der Waals surface area contributed by atoms with E-state index in [-0.39, 0.29) is 31.1 Å². The summed E-state index contributed by atoms with van der Waals surface area (Å²) >= 11 is 0. The Balaban J connectivity index is 1.37. The molecule has 5 rings (SSSR count). The summed E-state index contributed by atoms with van der Waals surface area (Å²) in [5.74, 6) is -3.51. The third-order valence-electron chi connectivity index (χ3n) is 8.92. The highest BCUT2D eigenvalue weighted by Gasteiger charge is 2.44. The molecule has 45 heavy (non-hydrogen) atoms. The van der Waals surface area contributed by atoms with Gasteiger partial charge in [-0.2, -0.15) is 0 Å². The first-order valence-corrected chi connectivity index (χ1v) is 16.1. The Hall–Kier alpha value is -3.80. The Morgan fingerprint density at radius 1 is 0.733 bits per heavy atom. The Labute approximate surface area is 263 Å². The first kappa shape index (κ1) is 32.6. The molecule has 4 amide bonds. The number of benzene rings is 2. The number of hydrogen-bond donors (Lipinski definition) is 5. The van der Waals surface area contributed by atoms with Gasteiger partial charge in [0.2, 0.25) is 23.6 Å². The average Bonchev–Trinajstić information content (AvgIpc) is 3.90. The molecular weight excluding hydrogens is 576 g/mol. The molecule has 242 valence electrons. The molecule has 2 aromatic rings. The predicted octanol–water partition coefficient (Wildman–Crippen LogP) is 1.35. The van der Waals surface area contributed by atoms with Crippen molar-refractivity contribution < 1.29 is 34.1 Å². The lowest BCUT2D eigenvalue weighted by atomic mass is 9.96. The zero-order valence-corrected chi connectivity index (χ0v) is 25.5. The van der Waals surface area contributed by atoms with Crippen molar-refractivity contribution in [1.82, 2.24) is 20.9 Å². The smallest absolute Gasteiger partial charge is 0.246 e. The van der Waals surface area contributed by atoms with Crippen molar-refractivity contribution >= 4 is 23.6 Å². The topological polar surface area (TPSA) is 161 Å². The molecule has 0 aromatic heterocycles. The van der Waals surface area contributed by atoms with Crippen molar-refractivity contribution in [3.8, 4) is 0 Å². The second-order valence-corrected chi connectivity index (χ2v) is 12.4. The molecule has 5 N–H and O–H groups in total. The summed E-state index contributed by atoms with van der Waals surface area (Å²) in [5, 5.41) is 28.9. The molecule has 5 atom stereocenters. The Morgan fingerprint density at radius 2 is 1.31 bits per heavy atom. The molecule has 0 saturated carbocycles. The van der Waals surface area contributed by atoms with Gasteiger partial charge in [0.05, 0.1) is 6.61 Å². The molecule has 0 radical (unpaired) electrons. The molecule has 0 aliphatic carbocycles. The SMILES string of the molecule is O=C1N[C@@H](Cc2ccccc2)C(=O)N2CCCC[C@@H]2C(=O)N[C@@H](CCCCCC(O)(O)[C@@H]2CO2)C(=O)N[C@H]1Cc1ccccc1. The van der Waals surface area contributed by atoms with E-state index in [4.69, 9.17) is 4.74 Å². The van der Waals surface area contributed by atoms with Crippen molar-refractivity contribution in [2.45, 2.75) is 100 Å². The van der Waals surface area contributed by atoms with Gasteiger partial charge in [-0.1, -0.05) is 73.5 Å². The molecule has 3 heterocycles. The Bertz CT molecular complexity index is 1320. The van der Waals surface area contributed by atoms with Gasteiger partial charge in [-0.15, -0.1) is 0 Å². The number of unbranched alkanes of at least 4 members (excludes halogenated alkanes) is 2. The summed E-state index contributed by atoms with van der Waals surface area (Å²) in [4.78, 5) is 57.0. The Morgan fingerprint density at radius 3 is 1.96 bits per heavy atom. The summed E-state index contributed by atoms with van der Waals surface area (Å²) in [7, 11) is 0. The van der Waals surface area contributed by atoms with Gasteiger partial charge in [-0.3, -0.25) is 19.2 Å². The quantitative estimate of drug-likeness (QED) is 0.144. The van der Waals surface area contributed by atoms with Crippen LogP contribution in [-0.2, 0) is 36.8 Å². The second kappa shape index (κ2) is 15.0. The van der Waals surface area contributed by atoms with Crippen molar-refractivity contribution in [2.75, 3.05) is 13.2 Å². The molecule has 0 unspecified atom stereocenters. The lowest BCUT2D eigenvalue weighted by molar-refractivity contribution is -0.180. The summed E-state index contributed by atoms with van der Waals surface area (Å²) < 4.78 is 5.01. The number of nitrogens with zero attached hydrogens (tertiary/aromatic N) is 1. The van der Waals surface area contributed by atoms with E-state index in [0.717, 1.165) is 24.0 Å². The fraction of sp³-hybridized carbons (Fsp3) is 0.529. The number of carbonyl (C=O) groups is 4. The van der Waals surface area contributed by atoms with Gasteiger partial charge >= 0.3 is 0 Å². The predicted molar refractivity (Wildman–Crippen MR) is 165 cm³/mol. The van der Waals surface area contributed by atoms with Crippen LogP contribution in [0.5, 0.6) is 0 Å². The van der Waals surface area contributed by atoms with Crippen molar-refractivity contribution in [1.29, 1.82) is 0 Å². The van der Waals surface area contributed by atoms with Crippen LogP contribution < -0.4 is 16.0 Å². The fourth-order valence-corrected chi connectivity index (χ4v) is 6.24. The maximum absolute atomic E-state index is 14.1. The van der Waals surface area contributed by atoms with Crippen molar-refractivity contribution in [2.24, 2.45) is 0 Å². The standard InChI is InChI=1S/C34H44N4O7/c39-30-25(16-8-3-10-18-34(43,44)29-22-45-29)35-32(41)28-17-9-11-19-38(28)33(42)27(21-24-14-6-2-7-15-24)37-31(40)26(36-30)20-23-12-4-1-5-13-23/h1-2,4-7,12-15,25-29,43-44H,3,8-11,16-22H2,(H,35,41)(H,36,39)(H,37,40)/t25-,26-,27-,28+,29-/m0/s1. The fourth-order valence-electron chi connectivity index (χ4n) is 6.24. The Kier molecular flexibility index (Phi) is 10.9. The number of rotatable bonds is 11. The number of epoxide rings is 1. The minimum Gasteiger partial charge on any atom is -0.367 e. The van der Waals surface area contributed by atoms with Gasteiger partial charge in [0.15, 0.2) is 5.79 Å². The van der Waals surface area contributed by atoms with Crippen LogP contribution in [0, 0.1) is 0 Å². The molecule has 11 heteroatoms. The van der Waals surface area contributed by atoms with Crippen LogP contribution in [0.3, 0.4) is 0 Å². The number of aliphatic hydroxyl groups is 2. The summed E-state index contributed by atoms with van der Waals surface area (Å²) in [6.45, 7) is 0.712. The molecular formula is C34H44N4O7. The highest BCUT2D eigenvalue weighted by molar-refractivity contribution is 5.97. The van der Waals surface area contributed by atoms with Gasteiger partial charge in [0.25, 0.3) is 0 Å². The molecule has 3 fully saturated rings. The molecule has 11 nitrogen and oxygen atoms in total. The van der Waals surface area contributed by atoms with E-state index in [9.17, 15) is 29.4 Å². The van der Waals surface area contributed by atoms with Crippen molar-refractivity contribution in [3.05, 3.63) is 71.8 Å². The van der Waals surface area contributed by atoms with E-state index < -0.39 is 47.9 Å². The maximum atomic E-state index is 14.1. The second-order valence-electron chi connectivity index (χ2n) is 12.4. The third kappa shape index (κ3) is 8.90. The van der Waals surface area contributed by atoms with E-state index in [1.807, 2.05) is 60.7 Å². The molecule has 3 saturated heterocycles. The highest BCUT2D eigenvalue weighted by atomic mass is 16.6. The van der Waals surface area contributed by atoms with Gasteiger partial charge in [-0.25, -0.2) is 0 Å². The third-order valence-corrected chi connectivity index (χ3v) is 8.92. The maximum Gasteiger partial charge on any atom is 0.246 e. The minimum atomic E-state index is -1.87. The number of nitrogens with one attached hydrogen (secondary N) is 3. The van der Waals surface area contributed by atoms with Crippen LogP contribution in [-0.4, -0.2) is 88.0 Å². The normalized spacial score (nSPS) is 26.1. The monoisotopic (exact) mass is 620 g/mol. The van der Waals surface area contributed by atoms with E-state index in [0.29, 0.717) is 45.3 Å². The van der Waals surface area contributed by atoms with E-state index in [2.05, 4.69) is 16.0 Å². The van der Waals surface area contributed by atoms with E-state index >= 15 is 0 Å². The largest absolute Gasteiger partial charge is 0.367 e. The van der Waals surface area contributed by atoms with Crippen molar-refractivity contribution in [3.63, 3.8) is 0 Å². The first-order valence-electron chi connectivity index (χ1n) is 16.1. The first-order chi connectivity index (χ1) is 21.7. The zero-order chi connectivity index (χ0) is 31.8. The van der Waals surface area contributed by atoms with Crippen LogP contribution in [0.1, 0.15) is 62.5 Å². The van der Waals surface area contributed by atoms with E-state index in [1.165, 1.54) is 0 Å². The molecule has 3 aliphatic heterocycles. The van der Waals surface area contributed by atoms with E-state index in [1.54, 1.807) is 4.90 Å². The summed E-state index contributed by atoms with van der Waals surface area (Å²) in [5.41, 5.74) is 1.71. The molecule has 2 aromatic carbocycles. The van der Waals surface area contributed by atoms with Crippen LogP contribution >= 0.6 is 0 Å². The van der Waals surface area contributed by atoms with Crippen LogP contribution in [0.25, 0.3) is 0 Å².